The number of halogens is 2. The van der Waals surface area contributed by atoms with Gasteiger partial charge >= 0.3 is 12.1 Å². The predicted octanol–water partition coefficient (Wildman–Crippen LogP) is 5.15. The minimum Gasteiger partial charge on any atom is -0.464 e. The Morgan fingerprint density at radius 2 is 1.63 bits per heavy atom. The van der Waals surface area contributed by atoms with Crippen molar-refractivity contribution in [3.05, 3.63) is 71.3 Å². The maximum absolute atomic E-state index is 14.1. The van der Waals surface area contributed by atoms with Crippen LogP contribution in [0.4, 0.5) is 13.6 Å². The minimum absolute atomic E-state index is 0.0660. The summed E-state index contributed by atoms with van der Waals surface area (Å²) in [5, 5.41) is 0. The standard InChI is InChI=1S/C32H41F2N3O4/c1-22(2)37-20-28(41-31(37)39)14-19-36-17-12-23(13-18-36)21-40-30(38)32(25-6-10-27(34)11-7-25)29(15-16-35(32)3)24-4-8-26(33)9-5-24/h4-11,22-23,28-29H,12-21H2,1-3H3. The highest BCUT2D eigenvalue weighted by molar-refractivity contribution is 5.85. The molecule has 1 amide bonds. The maximum Gasteiger partial charge on any atom is 0.410 e. The summed E-state index contributed by atoms with van der Waals surface area (Å²) in [7, 11) is 1.90. The molecular formula is C32H41F2N3O4. The van der Waals surface area contributed by atoms with Gasteiger partial charge in [-0.05, 0) is 108 Å². The third-order valence-electron chi connectivity index (χ3n) is 9.18. The van der Waals surface area contributed by atoms with Gasteiger partial charge in [0.2, 0.25) is 0 Å². The number of likely N-dealkylation sites (tertiary alicyclic amines) is 2. The number of nitrogens with zero attached hydrogens (tertiary/aromatic N) is 3. The van der Waals surface area contributed by atoms with E-state index < -0.39 is 5.54 Å². The molecule has 5 rings (SSSR count). The lowest BCUT2D eigenvalue weighted by atomic mass is 9.75. The molecule has 2 aromatic carbocycles. The van der Waals surface area contributed by atoms with Crippen molar-refractivity contribution in [2.75, 3.05) is 46.4 Å². The van der Waals surface area contributed by atoms with E-state index in [1.165, 1.54) is 24.3 Å². The Kier molecular flexibility index (Phi) is 8.94. The van der Waals surface area contributed by atoms with Crippen LogP contribution >= 0.6 is 0 Å². The zero-order valence-corrected chi connectivity index (χ0v) is 24.2. The van der Waals surface area contributed by atoms with Crippen molar-refractivity contribution < 1.29 is 27.8 Å². The van der Waals surface area contributed by atoms with Gasteiger partial charge in [0.15, 0.2) is 5.54 Å². The number of ether oxygens (including phenoxy) is 2. The average molecular weight is 570 g/mol. The van der Waals surface area contributed by atoms with Crippen LogP contribution in [0.1, 0.15) is 56.6 Å². The van der Waals surface area contributed by atoms with Crippen LogP contribution in [0.2, 0.25) is 0 Å². The Morgan fingerprint density at radius 1 is 1.00 bits per heavy atom. The zero-order valence-electron chi connectivity index (χ0n) is 24.2. The summed E-state index contributed by atoms with van der Waals surface area (Å²) in [5.74, 6) is -1.06. The molecule has 0 radical (unpaired) electrons. The van der Waals surface area contributed by atoms with Crippen molar-refractivity contribution >= 4 is 12.1 Å². The number of carbonyl (C=O) groups excluding carboxylic acids is 2. The van der Waals surface area contributed by atoms with E-state index >= 15 is 0 Å². The van der Waals surface area contributed by atoms with Gasteiger partial charge in [0.05, 0.1) is 13.2 Å². The van der Waals surface area contributed by atoms with Crippen molar-refractivity contribution in [1.82, 2.24) is 14.7 Å². The van der Waals surface area contributed by atoms with Gasteiger partial charge in [-0.25, -0.2) is 18.4 Å². The van der Waals surface area contributed by atoms with Crippen LogP contribution < -0.4 is 0 Å². The molecule has 3 aliphatic rings. The summed E-state index contributed by atoms with van der Waals surface area (Å²) in [4.78, 5) is 32.3. The van der Waals surface area contributed by atoms with Crippen LogP contribution in [0.15, 0.2) is 48.5 Å². The second-order valence-electron chi connectivity index (χ2n) is 12.0. The Balaban J connectivity index is 1.21. The molecule has 9 heteroatoms. The highest BCUT2D eigenvalue weighted by Crippen LogP contribution is 2.49. The molecule has 0 saturated carbocycles. The quantitative estimate of drug-likeness (QED) is 0.389. The molecule has 0 spiro atoms. The fraction of sp³-hybridized carbons (Fsp3) is 0.562. The Labute approximate surface area is 241 Å². The first-order valence-electron chi connectivity index (χ1n) is 14.8. The van der Waals surface area contributed by atoms with E-state index in [9.17, 15) is 18.4 Å². The molecule has 0 aliphatic carbocycles. The fourth-order valence-electron chi connectivity index (χ4n) is 6.74. The number of rotatable bonds is 9. The lowest BCUT2D eigenvalue weighted by molar-refractivity contribution is -0.159. The smallest absolute Gasteiger partial charge is 0.410 e. The lowest BCUT2D eigenvalue weighted by Gasteiger charge is -2.40. The second kappa shape index (κ2) is 12.4. The van der Waals surface area contributed by atoms with Crippen LogP contribution in [0.25, 0.3) is 0 Å². The molecule has 3 fully saturated rings. The van der Waals surface area contributed by atoms with Gasteiger partial charge in [-0.15, -0.1) is 0 Å². The average Bonchev–Trinajstić information content (AvgIpc) is 3.52. The summed E-state index contributed by atoms with van der Waals surface area (Å²) in [6.07, 6.45) is 3.04. The number of likely N-dealkylation sites (N-methyl/N-ethyl adjacent to an activating group) is 1. The number of hydrogen-bond donors (Lipinski definition) is 0. The van der Waals surface area contributed by atoms with Crippen LogP contribution in [0.3, 0.4) is 0 Å². The molecule has 222 valence electrons. The first kappa shape index (κ1) is 29.5. The molecule has 3 unspecified atom stereocenters. The van der Waals surface area contributed by atoms with Crippen molar-refractivity contribution in [1.29, 1.82) is 0 Å². The predicted molar refractivity (Wildman–Crippen MR) is 151 cm³/mol. The third kappa shape index (κ3) is 6.11. The zero-order chi connectivity index (χ0) is 29.1. The normalized spacial score (nSPS) is 26.1. The minimum atomic E-state index is -1.13. The van der Waals surface area contributed by atoms with Crippen LogP contribution in [0, 0.1) is 17.6 Å². The molecule has 3 aliphatic heterocycles. The van der Waals surface area contributed by atoms with E-state index in [2.05, 4.69) is 4.90 Å². The van der Waals surface area contributed by atoms with E-state index in [-0.39, 0.29) is 47.7 Å². The number of cyclic esters (lactones) is 1. The van der Waals surface area contributed by atoms with E-state index in [4.69, 9.17) is 9.47 Å². The fourth-order valence-corrected chi connectivity index (χ4v) is 6.74. The second-order valence-corrected chi connectivity index (χ2v) is 12.0. The van der Waals surface area contributed by atoms with Crippen LogP contribution in [-0.4, -0.2) is 85.3 Å². The molecule has 41 heavy (non-hydrogen) atoms. The van der Waals surface area contributed by atoms with Gasteiger partial charge in [0.25, 0.3) is 0 Å². The van der Waals surface area contributed by atoms with Gasteiger partial charge in [0.1, 0.15) is 17.7 Å². The largest absolute Gasteiger partial charge is 0.464 e. The summed E-state index contributed by atoms with van der Waals surface area (Å²) in [5.41, 5.74) is 0.404. The van der Waals surface area contributed by atoms with Crippen molar-refractivity contribution in [2.45, 2.75) is 63.1 Å². The number of hydrogen-bond acceptors (Lipinski definition) is 6. The molecule has 3 atom stereocenters. The van der Waals surface area contributed by atoms with E-state index in [0.717, 1.165) is 44.5 Å². The third-order valence-corrected chi connectivity index (χ3v) is 9.18. The van der Waals surface area contributed by atoms with Gasteiger partial charge in [-0.2, -0.15) is 0 Å². The molecule has 3 heterocycles. The summed E-state index contributed by atoms with van der Waals surface area (Å²) in [6.45, 7) is 8.28. The Hall–Kier alpha value is -3.04. The number of carbonyl (C=O) groups is 2. The summed E-state index contributed by atoms with van der Waals surface area (Å²) in [6, 6.07) is 12.5. The number of esters is 1. The first-order valence-corrected chi connectivity index (χ1v) is 14.8. The lowest BCUT2D eigenvalue weighted by Crippen LogP contribution is -2.50. The summed E-state index contributed by atoms with van der Waals surface area (Å²) < 4.78 is 39.3. The molecule has 3 saturated heterocycles. The number of benzene rings is 2. The molecule has 0 N–H and O–H groups in total. The molecule has 2 aromatic rings. The Morgan fingerprint density at radius 3 is 2.24 bits per heavy atom. The first-order chi connectivity index (χ1) is 19.7. The van der Waals surface area contributed by atoms with Crippen LogP contribution in [0.5, 0.6) is 0 Å². The van der Waals surface area contributed by atoms with Gasteiger partial charge in [-0.1, -0.05) is 24.3 Å². The van der Waals surface area contributed by atoms with Crippen molar-refractivity contribution in [2.24, 2.45) is 5.92 Å². The van der Waals surface area contributed by atoms with Crippen molar-refractivity contribution in [3.63, 3.8) is 0 Å². The van der Waals surface area contributed by atoms with E-state index in [1.54, 1.807) is 29.2 Å². The molecule has 0 bridgehead atoms. The molecule has 0 aromatic heterocycles. The monoisotopic (exact) mass is 569 g/mol. The number of piperidine rings is 1. The van der Waals surface area contributed by atoms with Crippen LogP contribution in [-0.2, 0) is 19.8 Å². The topological polar surface area (TPSA) is 62.3 Å². The molecule has 7 nitrogen and oxygen atoms in total. The van der Waals surface area contributed by atoms with E-state index in [0.29, 0.717) is 31.7 Å². The molecular weight excluding hydrogens is 528 g/mol. The van der Waals surface area contributed by atoms with Gasteiger partial charge in [-0.3, -0.25) is 4.90 Å². The number of amides is 1. The van der Waals surface area contributed by atoms with Crippen molar-refractivity contribution in [3.8, 4) is 0 Å². The van der Waals surface area contributed by atoms with Gasteiger partial charge in [0, 0.05) is 18.5 Å². The highest BCUT2D eigenvalue weighted by Gasteiger charge is 2.56. The highest BCUT2D eigenvalue weighted by atomic mass is 19.1. The Bertz CT molecular complexity index is 1200. The maximum atomic E-state index is 14.1. The van der Waals surface area contributed by atoms with Gasteiger partial charge < -0.3 is 19.3 Å². The SMILES string of the molecule is CC(C)N1CC(CCN2CCC(COC(=O)C3(c4ccc(F)cc4)C(c4ccc(F)cc4)CCN3C)CC2)OC1=O. The van der Waals surface area contributed by atoms with E-state index in [1.807, 2.05) is 25.8 Å². The summed E-state index contributed by atoms with van der Waals surface area (Å²) >= 11 is 0.